The van der Waals surface area contributed by atoms with Gasteiger partial charge >= 0.3 is 0 Å². The third kappa shape index (κ3) is 2.98. The molecule has 1 aliphatic rings. The van der Waals surface area contributed by atoms with E-state index in [0.717, 1.165) is 36.2 Å². The van der Waals surface area contributed by atoms with Crippen LogP contribution in [0.15, 0.2) is 33.9 Å². The number of rotatable bonds is 1. The van der Waals surface area contributed by atoms with Crippen LogP contribution in [-0.2, 0) is 0 Å². The van der Waals surface area contributed by atoms with Crippen molar-refractivity contribution in [1.82, 2.24) is 9.80 Å². The van der Waals surface area contributed by atoms with Crippen LogP contribution in [0.4, 0.5) is 0 Å². The van der Waals surface area contributed by atoms with Crippen molar-refractivity contribution in [3.8, 4) is 0 Å². The molecule has 17 heavy (non-hydrogen) atoms. The third-order valence-corrected chi connectivity index (χ3v) is 3.53. The van der Waals surface area contributed by atoms with E-state index in [9.17, 15) is 5.21 Å². The SMILES string of the molecule is CN1CCN(/C(=N/O)c2ccc(Br)cc2)CC1. The second-order valence-electron chi connectivity index (χ2n) is 4.22. The van der Waals surface area contributed by atoms with Crippen molar-refractivity contribution in [2.75, 3.05) is 33.2 Å². The zero-order valence-corrected chi connectivity index (χ0v) is 11.4. The van der Waals surface area contributed by atoms with Crippen LogP contribution in [0.3, 0.4) is 0 Å². The summed E-state index contributed by atoms with van der Waals surface area (Å²) in [5, 5.41) is 12.6. The molecule has 0 saturated carbocycles. The summed E-state index contributed by atoms with van der Waals surface area (Å²) < 4.78 is 1.02. The lowest BCUT2D eigenvalue weighted by molar-refractivity contribution is 0.208. The lowest BCUT2D eigenvalue weighted by Crippen LogP contribution is -2.47. The summed E-state index contributed by atoms with van der Waals surface area (Å²) in [4.78, 5) is 4.39. The van der Waals surface area contributed by atoms with E-state index in [-0.39, 0.29) is 0 Å². The van der Waals surface area contributed by atoms with Crippen molar-refractivity contribution in [2.24, 2.45) is 5.16 Å². The largest absolute Gasteiger partial charge is 0.409 e. The molecule has 0 bridgehead atoms. The topological polar surface area (TPSA) is 39.1 Å². The van der Waals surface area contributed by atoms with Gasteiger partial charge in [0.25, 0.3) is 0 Å². The van der Waals surface area contributed by atoms with E-state index in [2.05, 4.69) is 37.9 Å². The minimum absolute atomic E-state index is 0.658. The second kappa shape index (κ2) is 5.51. The summed E-state index contributed by atoms with van der Waals surface area (Å²) in [6, 6.07) is 7.82. The molecule has 0 unspecified atom stereocenters. The molecule has 1 heterocycles. The van der Waals surface area contributed by atoms with Crippen molar-refractivity contribution in [3.63, 3.8) is 0 Å². The van der Waals surface area contributed by atoms with Gasteiger partial charge < -0.3 is 15.0 Å². The average Bonchev–Trinajstić information content (AvgIpc) is 2.35. The Morgan fingerprint density at radius 2 is 1.76 bits per heavy atom. The van der Waals surface area contributed by atoms with Crippen molar-refractivity contribution < 1.29 is 5.21 Å². The number of hydrogen-bond acceptors (Lipinski definition) is 3. The normalized spacial score (nSPS) is 18.5. The number of nitrogens with zero attached hydrogens (tertiary/aromatic N) is 3. The lowest BCUT2D eigenvalue weighted by atomic mass is 10.2. The molecule has 5 heteroatoms. The van der Waals surface area contributed by atoms with Crippen LogP contribution in [0, 0.1) is 0 Å². The van der Waals surface area contributed by atoms with Gasteiger partial charge in [-0.2, -0.15) is 0 Å². The summed E-state index contributed by atoms with van der Waals surface area (Å²) in [5.74, 6) is 0.658. The summed E-state index contributed by atoms with van der Waals surface area (Å²) in [5.41, 5.74) is 0.945. The summed E-state index contributed by atoms with van der Waals surface area (Å²) in [6.45, 7) is 3.78. The van der Waals surface area contributed by atoms with Crippen LogP contribution >= 0.6 is 15.9 Å². The highest BCUT2D eigenvalue weighted by Crippen LogP contribution is 2.14. The molecule has 4 nitrogen and oxygen atoms in total. The van der Waals surface area contributed by atoms with Gasteiger partial charge in [0.15, 0.2) is 5.84 Å². The molecule has 1 aromatic rings. The smallest absolute Gasteiger partial charge is 0.175 e. The molecular weight excluding hydrogens is 282 g/mol. The number of halogens is 1. The molecule has 0 aliphatic carbocycles. The van der Waals surface area contributed by atoms with Gasteiger partial charge in [-0.05, 0) is 19.2 Å². The Morgan fingerprint density at radius 3 is 2.29 bits per heavy atom. The van der Waals surface area contributed by atoms with Crippen LogP contribution in [0.25, 0.3) is 0 Å². The van der Waals surface area contributed by atoms with Crippen molar-refractivity contribution in [2.45, 2.75) is 0 Å². The first-order valence-corrected chi connectivity index (χ1v) is 6.41. The first-order chi connectivity index (χ1) is 8.20. The van der Waals surface area contributed by atoms with E-state index in [4.69, 9.17) is 0 Å². The van der Waals surface area contributed by atoms with Gasteiger partial charge in [0.1, 0.15) is 0 Å². The van der Waals surface area contributed by atoms with E-state index in [0.29, 0.717) is 5.84 Å². The Balaban J connectivity index is 2.14. The maximum Gasteiger partial charge on any atom is 0.175 e. The zero-order valence-electron chi connectivity index (χ0n) is 9.80. The van der Waals surface area contributed by atoms with Crippen LogP contribution in [0.2, 0.25) is 0 Å². The molecule has 92 valence electrons. The maximum absolute atomic E-state index is 9.19. The van der Waals surface area contributed by atoms with Crippen molar-refractivity contribution >= 4 is 21.8 Å². The Labute approximate surface area is 110 Å². The van der Waals surface area contributed by atoms with E-state index < -0.39 is 0 Å². The van der Waals surface area contributed by atoms with Crippen molar-refractivity contribution in [1.29, 1.82) is 0 Å². The average molecular weight is 298 g/mol. The zero-order chi connectivity index (χ0) is 12.3. The maximum atomic E-state index is 9.19. The van der Waals surface area contributed by atoms with E-state index in [1.54, 1.807) is 0 Å². The number of piperazine rings is 1. The highest BCUT2D eigenvalue weighted by Gasteiger charge is 2.19. The molecular formula is C12H16BrN3O. The van der Waals surface area contributed by atoms with Crippen LogP contribution < -0.4 is 0 Å². The summed E-state index contributed by atoms with van der Waals surface area (Å²) in [6.07, 6.45) is 0. The number of amidine groups is 1. The van der Waals surface area contributed by atoms with Crippen molar-refractivity contribution in [3.05, 3.63) is 34.3 Å². The molecule has 2 rings (SSSR count). The van der Waals surface area contributed by atoms with E-state index >= 15 is 0 Å². The first-order valence-electron chi connectivity index (χ1n) is 5.62. The number of likely N-dealkylation sites (N-methyl/N-ethyl adjacent to an activating group) is 1. The molecule has 0 atom stereocenters. The quantitative estimate of drug-likeness (QED) is 0.372. The fourth-order valence-corrected chi connectivity index (χ4v) is 2.19. The highest BCUT2D eigenvalue weighted by molar-refractivity contribution is 9.10. The van der Waals surface area contributed by atoms with Gasteiger partial charge in [-0.3, -0.25) is 0 Å². The van der Waals surface area contributed by atoms with Crippen LogP contribution in [-0.4, -0.2) is 54.1 Å². The number of hydrogen-bond donors (Lipinski definition) is 1. The molecule has 1 saturated heterocycles. The number of oxime groups is 1. The minimum atomic E-state index is 0.658. The van der Waals surface area contributed by atoms with Gasteiger partial charge in [-0.25, -0.2) is 0 Å². The molecule has 0 amide bonds. The van der Waals surface area contributed by atoms with Crippen LogP contribution in [0.1, 0.15) is 5.56 Å². The molecule has 1 aromatic carbocycles. The summed E-state index contributed by atoms with van der Waals surface area (Å²) in [7, 11) is 2.10. The minimum Gasteiger partial charge on any atom is -0.409 e. The van der Waals surface area contributed by atoms with Gasteiger partial charge in [0, 0.05) is 36.2 Å². The molecule has 0 radical (unpaired) electrons. The fourth-order valence-electron chi connectivity index (χ4n) is 1.92. The predicted octanol–water partition coefficient (Wildman–Crippen LogP) is 1.83. The lowest BCUT2D eigenvalue weighted by Gasteiger charge is -2.34. The molecule has 1 fully saturated rings. The number of benzene rings is 1. The third-order valence-electron chi connectivity index (χ3n) is 3.00. The fraction of sp³-hybridized carbons (Fsp3) is 0.417. The van der Waals surface area contributed by atoms with Gasteiger partial charge in [-0.15, -0.1) is 0 Å². The van der Waals surface area contributed by atoms with Gasteiger partial charge in [0.2, 0.25) is 0 Å². The molecule has 0 aromatic heterocycles. The molecule has 0 spiro atoms. The Kier molecular flexibility index (Phi) is 4.02. The first kappa shape index (κ1) is 12.4. The Bertz CT molecular complexity index is 397. The Morgan fingerprint density at radius 1 is 1.18 bits per heavy atom. The van der Waals surface area contributed by atoms with Gasteiger partial charge in [-0.1, -0.05) is 33.2 Å². The molecule has 1 aliphatic heterocycles. The van der Waals surface area contributed by atoms with E-state index in [1.165, 1.54) is 0 Å². The monoisotopic (exact) mass is 297 g/mol. The second-order valence-corrected chi connectivity index (χ2v) is 5.14. The van der Waals surface area contributed by atoms with Crippen LogP contribution in [0.5, 0.6) is 0 Å². The predicted molar refractivity (Wildman–Crippen MR) is 71.5 cm³/mol. The highest BCUT2D eigenvalue weighted by atomic mass is 79.9. The van der Waals surface area contributed by atoms with E-state index in [1.807, 2.05) is 24.3 Å². The summed E-state index contributed by atoms with van der Waals surface area (Å²) >= 11 is 3.40. The Hall–Kier alpha value is -1.07. The standard InChI is InChI=1S/C12H16BrN3O/c1-15-6-8-16(9-7-15)12(14-17)10-2-4-11(13)5-3-10/h2-5,17H,6-9H2,1H3/b14-12+. The molecule has 1 N–H and O–H groups in total. The van der Waals surface area contributed by atoms with Gasteiger partial charge in [0.05, 0.1) is 0 Å².